The number of ether oxygens (including phenoxy) is 2. The number of nitrogens with one attached hydrogen (secondary N) is 1. The molecule has 3 heterocycles. The summed E-state index contributed by atoms with van der Waals surface area (Å²) in [7, 11) is 1.55. The lowest BCUT2D eigenvalue weighted by Gasteiger charge is -2.35. The van der Waals surface area contributed by atoms with Gasteiger partial charge in [0.25, 0.3) is 0 Å². The van der Waals surface area contributed by atoms with Gasteiger partial charge in [0.15, 0.2) is 5.82 Å². The summed E-state index contributed by atoms with van der Waals surface area (Å²) in [6.07, 6.45) is 0. The maximum absolute atomic E-state index is 13.1. The molecule has 4 rings (SSSR count). The molecule has 158 valence electrons. The van der Waals surface area contributed by atoms with E-state index in [1.165, 1.54) is 0 Å². The highest BCUT2D eigenvalue weighted by Gasteiger charge is 2.32. The lowest BCUT2D eigenvalue weighted by atomic mass is 10.0. The van der Waals surface area contributed by atoms with Crippen molar-refractivity contribution >= 4 is 34.9 Å². The second-order valence-corrected chi connectivity index (χ2v) is 7.69. The summed E-state index contributed by atoms with van der Waals surface area (Å²) >= 11 is 6.10. The Morgan fingerprint density at radius 3 is 2.67 bits per heavy atom. The summed E-state index contributed by atoms with van der Waals surface area (Å²) in [5.74, 6) is 1.16. The average molecular weight is 431 g/mol. The SMILES string of the molecule is COc1ccc(NC(=O)C2COc3ccc(Cl)cc32)c(N2CCN(C(C)=O)CC2)n1. The Morgan fingerprint density at radius 2 is 1.97 bits per heavy atom. The van der Waals surface area contributed by atoms with Crippen LogP contribution < -0.4 is 19.7 Å². The van der Waals surface area contributed by atoms with Gasteiger partial charge in [0.05, 0.1) is 12.8 Å². The molecule has 2 aliphatic rings. The van der Waals surface area contributed by atoms with Crippen molar-refractivity contribution in [2.24, 2.45) is 0 Å². The Bertz CT molecular complexity index is 975. The molecule has 30 heavy (non-hydrogen) atoms. The van der Waals surface area contributed by atoms with E-state index >= 15 is 0 Å². The van der Waals surface area contributed by atoms with Gasteiger partial charge in [0, 0.05) is 49.8 Å². The zero-order valence-electron chi connectivity index (χ0n) is 16.9. The molecule has 1 aromatic heterocycles. The number of anilines is 2. The molecule has 2 amide bonds. The molecule has 1 atom stereocenters. The topological polar surface area (TPSA) is 84.0 Å². The molecule has 1 fully saturated rings. The number of carbonyl (C=O) groups is 2. The second kappa shape index (κ2) is 8.39. The lowest BCUT2D eigenvalue weighted by molar-refractivity contribution is -0.129. The van der Waals surface area contributed by atoms with Gasteiger partial charge < -0.3 is 24.6 Å². The molecule has 0 aliphatic carbocycles. The molecule has 2 aliphatic heterocycles. The molecule has 1 saturated heterocycles. The van der Waals surface area contributed by atoms with Crippen LogP contribution in [-0.2, 0) is 9.59 Å². The highest BCUT2D eigenvalue weighted by molar-refractivity contribution is 6.30. The molecule has 0 radical (unpaired) electrons. The number of rotatable bonds is 4. The summed E-state index contributed by atoms with van der Waals surface area (Å²) in [5, 5.41) is 3.56. The standard InChI is InChI=1S/C21H23ClN4O4/c1-13(27)25-7-9-26(10-8-25)20-17(4-6-19(24-20)29-2)23-21(28)16-12-30-18-5-3-14(22)11-15(16)18/h3-6,11,16H,7-10,12H2,1-2H3,(H,23,28). The first-order valence-electron chi connectivity index (χ1n) is 9.75. The fourth-order valence-electron chi connectivity index (χ4n) is 3.74. The van der Waals surface area contributed by atoms with Crippen molar-refractivity contribution in [1.29, 1.82) is 0 Å². The number of pyridine rings is 1. The maximum atomic E-state index is 13.1. The fraction of sp³-hybridized carbons (Fsp3) is 0.381. The van der Waals surface area contributed by atoms with Crippen molar-refractivity contribution in [3.63, 3.8) is 0 Å². The van der Waals surface area contributed by atoms with Crippen molar-refractivity contribution in [1.82, 2.24) is 9.88 Å². The maximum Gasteiger partial charge on any atom is 0.235 e. The molecule has 0 saturated carbocycles. The van der Waals surface area contributed by atoms with E-state index in [4.69, 9.17) is 21.1 Å². The molecule has 0 spiro atoms. The van der Waals surface area contributed by atoms with Gasteiger partial charge in [-0.05, 0) is 24.3 Å². The number of aromatic nitrogens is 1. The van der Waals surface area contributed by atoms with Crippen molar-refractivity contribution < 1.29 is 19.1 Å². The summed E-state index contributed by atoms with van der Waals surface area (Å²) in [6.45, 7) is 4.27. The van der Waals surface area contributed by atoms with Crippen LogP contribution in [-0.4, -0.2) is 61.6 Å². The van der Waals surface area contributed by atoms with Crippen molar-refractivity contribution in [2.45, 2.75) is 12.8 Å². The van der Waals surface area contributed by atoms with Crippen LogP contribution in [0.15, 0.2) is 30.3 Å². The molecule has 1 N–H and O–H groups in total. The minimum atomic E-state index is -0.455. The Kier molecular flexibility index (Phi) is 5.67. The van der Waals surface area contributed by atoms with E-state index in [1.807, 2.05) is 4.90 Å². The van der Waals surface area contributed by atoms with Crippen LogP contribution in [0, 0.1) is 0 Å². The van der Waals surface area contributed by atoms with Gasteiger partial charge in [0.1, 0.15) is 18.3 Å². The first-order valence-corrected chi connectivity index (χ1v) is 10.1. The van der Waals surface area contributed by atoms with Crippen LogP contribution in [0.4, 0.5) is 11.5 Å². The van der Waals surface area contributed by atoms with Gasteiger partial charge in [0.2, 0.25) is 17.7 Å². The van der Waals surface area contributed by atoms with E-state index in [0.717, 1.165) is 5.56 Å². The van der Waals surface area contributed by atoms with Crippen LogP contribution in [0.5, 0.6) is 11.6 Å². The number of piperazine rings is 1. The monoisotopic (exact) mass is 430 g/mol. The quantitative estimate of drug-likeness (QED) is 0.802. The number of carbonyl (C=O) groups excluding carboxylic acids is 2. The van der Waals surface area contributed by atoms with E-state index in [9.17, 15) is 9.59 Å². The zero-order chi connectivity index (χ0) is 21.3. The van der Waals surface area contributed by atoms with Gasteiger partial charge in [-0.15, -0.1) is 0 Å². The van der Waals surface area contributed by atoms with E-state index in [-0.39, 0.29) is 18.4 Å². The Balaban J connectivity index is 1.56. The van der Waals surface area contributed by atoms with Gasteiger partial charge in [-0.3, -0.25) is 9.59 Å². The first-order chi connectivity index (χ1) is 14.5. The number of methoxy groups -OCH3 is 1. The molecule has 1 unspecified atom stereocenters. The third-order valence-corrected chi connectivity index (χ3v) is 5.65. The number of amides is 2. The van der Waals surface area contributed by atoms with E-state index in [2.05, 4.69) is 10.3 Å². The largest absolute Gasteiger partial charge is 0.492 e. The molecule has 2 aromatic rings. The summed E-state index contributed by atoms with van der Waals surface area (Å²) in [5.41, 5.74) is 1.37. The minimum Gasteiger partial charge on any atom is -0.492 e. The normalized spacial score (nSPS) is 17.9. The first kappa shape index (κ1) is 20.3. The molecular formula is C21H23ClN4O4. The number of halogens is 1. The smallest absolute Gasteiger partial charge is 0.235 e. The van der Waals surface area contributed by atoms with Crippen LogP contribution in [0.25, 0.3) is 0 Å². The van der Waals surface area contributed by atoms with E-state index in [1.54, 1.807) is 49.3 Å². The summed E-state index contributed by atoms with van der Waals surface area (Å²) in [4.78, 5) is 33.1. The lowest BCUT2D eigenvalue weighted by Crippen LogP contribution is -2.48. The highest BCUT2D eigenvalue weighted by Crippen LogP contribution is 2.37. The van der Waals surface area contributed by atoms with E-state index in [0.29, 0.717) is 54.3 Å². The van der Waals surface area contributed by atoms with Crippen LogP contribution in [0.1, 0.15) is 18.4 Å². The highest BCUT2D eigenvalue weighted by atomic mass is 35.5. The van der Waals surface area contributed by atoms with E-state index < -0.39 is 5.92 Å². The van der Waals surface area contributed by atoms with Crippen LogP contribution in [0.3, 0.4) is 0 Å². The van der Waals surface area contributed by atoms with Crippen LogP contribution in [0.2, 0.25) is 5.02 Å². The Labute approximate surface area is 179 Å². The Morgan fingerprint density at radius 1 is 1.20 bits per heavy atom. The average Bonchev–Trinajstić information content (AvgIpc) is 3.17. The van der Waals surface area contributed by atoms with Gasteiger partial charge in [-0.2, -0.15) is 4.98 Å². The number of nitrogens with zero attached hydrogens (tertiary/aromatic N) is 3. The van der Waals surface area contributed by atoms with Crippen LogP contribution >= 0.6 is 11.6 Å². The molecule has 0 bridgehead atoms. The third kappa shape index (κ3) is 4.00. The number of benzene rings is 1. The van der Waals surface area contributed by atoms with Gasteiger partial charge >= 0.3 is 0 Å². The third-order valence-electron chi connectivity index (χ3n) is 5.41. The number of fused-ring (bicyclic) bond motifs is 1. The molecule has 8 nitrogen and oxygen atoms in total. The fourth-order valence-corrected chi connectivity index (χ4v) is 3.92. The molecule has 1 aromatic carbocycles. The predicted molar refractivity (Wildman–Crippen MR) is 114 cm³/mol. The predicted octanol–water partition coefficient (Wildman–Crippen LogP) is 2.53. The van der Waals surface area contributed by atoms with Crippen molar-refractivity contribution in [3.05, 3.63) is 40.9 Å². The molecule has 9 heteroatoms. The van der Waals surface area contributed by atoms with Crippen molar-refractivity contribution in [2.75, 3.05) is 50.1 Å². The summed E-state index contributed by atoms with van der Waals surface area (Å²) < 4.78 is 10.9. The Hall–Kier alpha value is -3.00. The minimum absolute atomic E-state index is 0.0559. The number of hydrogen-bond acceptors (Lipinski definition) is 6. The zero-order valence-corrected chi connectivity index (χ0v) is 17.6. The number of hydrogen-bond donors (Lipinski definition) is 1. The molecular weight excluding hydrogens is 408 g/mol. The van der Waals surface area contributed by atoms with Gasteiger partial charge in [-0.1, -0.05) is 11.6 Å². The second-order valence-electron chi connectivity index (χ2n) is 7.25. The van der Waals surface area contributed by atoms with Crippen molar-refractivity contribution in [3.8, 4) is 11.6 Å². The summed E-state index contributed by atoms with van der Waals surface area (Å²) in [6, 6.07) is 8.78. The van der Waals surface area contributed by atoms with Gasteiger partial charge in [-0.25, -0.2) is 0 Å².